The molecule has 0 saturated carbocycles. The maximum absolute atomic E-state index is 13.4. The van der Waals surface area contributed by atoms with E-state index in [-0.39, 0.29) is 5.78 Å². The lowest BCUT2D eigenvalue weighted by Gasteiger charge is -2.19. The summed E-state index contributed by atoms with van der Waals surface area (Å²) < 4.78 is 24.4. The van der Waals surface area contributed by atoms with Crippen molar-refractivity contribution in [2.75, 3.05) is 19.0 Å². The van der Waals surface area contributed by atoms with Gasteiger partial charge in [-0.3, -0.25) is 4.79 Å². The highest BCUT2D eigenvalue weighted by atomic mass is 32.2. The number of hydrogen-bond donors (Lipinski definition) is 0. The van der Waals surface area contributed by atoms with Crippen LogP contribution in [0.5, 0.6) is 11.5 Å². The minimum Gasteiger partial charge on any atom is -0.486 e. The number of carbonyl (C=O) groups is 1. The fourth-order valence-corrected chi connectivity index (χ4v) is 3.65. The Kier molecular flexibility index (Phi) is 3.58. The summed E-state index contributed by atoms with van der Waals surface area (Å²) in [6.45, 7) is 1.07. The first-order chi connectivity index (χ1) is 11.2. The smallest absolute Gasteiger partial charge is 0.191 e. The van der Waals surface area contributed by atoms with E-state index in [0.717, 1.165) is 16.2 Å². The quantitative estimate of drug-likeness (QED) is 0.742. The Hall–Kier alpha value is -2.27. The van der Waals surface area contributed by atoms with Crippen molar-refractivity contribution in [2.24, 2.45) is 0 Å². The Bertz CT molecular complexity index is 829. The Labute approximate surface area is 137 Å². The molecule has 116 valence electrons. The predicted octanol–water partition coefficient (Wildman–Crippen LogP) is 3.97. The van der Waals surface area contributed by atoms with Gasteiger partial charge in [0.2, 0.25) is 0 Å². The summed E-state index contributed by atoms with van der Waals surface area (Å²) in [5.41, 5.74) is 1.97. The first-order valence-corrected chi connectivity index (χ1v) is 8.26. The highest BCUT2D eigenvalue weighted by Gasteiger charge is 2.23. The van der Waals surface area contributed by atoms with E-state index in [2.05, 4.69) is 0 Å². The lowest BCUT2D eigenvalue weighted by atomic mass is 10.0. The van der Waals surface area contributed by atoms with Gasteiger partial charge in [-0.2, -0.15) is 0 Å². The van der Waals surface area contributed by atoms with Crippen molar-refractivity contribution in [1.82, 2.24) is 0 Å². The molecule has 0 amide bonds. The average molecular weight is 328 g/mol. The molecule has 0 saturated heterocycles. The number of ketones is 1. The number of carbonyl (C=O) groups excluding carboxylic acids is 1. The first-order valence-electron chi connectivity index (χ1n) is 7.28. The zero-order valence-electron chi connectivity index (χ0n) is 12.2. The summed E-state index contributed by atoms with van der Waals surface area (Å²) in [6, 6.07) is 9.94. The molecule has 2 heterocycles. The first kappa shape index (κ1) is 14.3. The third-order valence-electron chi connectivity index (χ3n) is 3.77. The fraction of sp³-hybridized carbons (Fsp3) is 0.167. The van der Waals surface area contributed by atoms with E-state index < -0.39 is 5.82 Å². The second kappa shape index (κ2) is 5.74. The molecule has 4 rings (SSSR count). The number of fused-ring (bicyclic) bond motifs is 2. The van der Waals surface area contributed by atoms with Gasteiger partial charge in [-0.15, -0.1) is 11.8 Å². The molecule has 2 aliphatic heterocycles. The number of thioether (sulfide) groups is 1. The third kappa shape index (κ3) is 2.72. The van der Waals surface area contributed by atoms with Gasteiger partial charge in [-0.05, 0) is 42.0 Å². The van der Waals surface area contributed by atoms with Crippen molar-refractivity contribution in [3.63, 3.8) is 0 Å². The van der Waals surface area contributed by atoms with E-state index in [1.807, 2.05) is 24.3 Å². The van der Waals surface area contributed by atoms with E-state index in [1.165, 1.54) is 12.1 Å². The minimum absolute atomic E-state index is 0.117. The Morgan fingerprint density at radius 2 is 1.87 bits per heavy atom. The number of rotatable bonds is 1. The SMILES string of the molecule is O=C1/C(=C/c2ccc3c(c2)OCCO3)CSc2ccc(F)cc21. The summed E-state index contributed by atoms with van der Waals surface area (Å²) in [5, 5.41) is 0. The Morgan fingerprint density at radius 1 is 1.04 bits per heavy atom. The lowest BCUT2D eigenvalue weighted by Crippen LogP contribution is -2.15. The van der Waals surface area contributed by atoms with Crippen LogP contribution in [0.4, 0.5) is 4.39 Å². The van der Waals surface area contributed by atoms with Crippen LogP contribution in [0.25, 0.3) is 6.08 Å². The molecule has 2 aromatic rings. The maximum atomic E-state index is 13.4. The predicted molar refractivity (Wildman–Crippen MR) is 86.9 cm³/mol. The van der Waals surface area contributed by atoms with Gasteiger partial charge in [0, 0.05) is 21.8 Å². The van der Waals surface area contributed by atoms with Crippen LogP contribution in [-0.2, 0) is 0 Å². The molecule has 0 aromatic heterocycles. The molecular formula is C18H13FO3S. The van der Waals surface area contributed by atoms with E-state index >= 15 is 0 Å². The van der Waals surface area contributed by atoms with Crippen LogP contribution in [0.3, 0.4) is 0 Å². The van der Waals surface area contributed by atoms with Gasteiger partial charge in [0.1, 0.15) is 19.0 Å². The number of benzene rings is 2. The number of hydrogen-bond acceptors (Lipinski definition) is 4. The van der Waals surface area contributed by atoms with Crippen LogP contribution in [0, 0.1) is 5.82 Å². The van der Waals surface area contributed by atoms with Gasteiger partial charge in [0.05, 0.1) is 0 Å². The van der Waals surface area contributed by atoms with Crippen molar-refractivity contribution in [3.8, 4) is 11.5 Å². The zero-order chi connectivity index (χ0) is 15.8. The average Bonchev–Trinajstić information content (AvgIpc) is 2.58. The van der Waals surface area contributed by atoms with Crippen molar-refractivity contribution in [2.45, 2.75) is 4.90 Å². The second-order valence-electron chi connectivity index (χ2n) is 5.33. The normalized spacial score (nSPS) is 18.0. The summed E-state index contributed by atoms with van der Waals surface area (Å²) in [4.78, 5) is 13.4. The molecule has 5 heteroatoms. The van der Waals surface area contributed by atoms with Crippen molar-refractivity contribution in [1.29, 1.82) is 0 Å². The van der Waals surface area contributed by atoms with Crippen LogP contribution < -0.4 is 9.47 Å². The molecule has 0 N–H and O–H groups in total. The molecule has 0 radical (unpaired) electrons. The number of Topliss-reactive ketones (excluding diaryl/α,β-unsaturated/α-hetero) is 1. The topological polar surface area (TPSA) is 35.5 Å². The van der Waals surface area contributed by atoms with E-state index in [1.54, 1.807) is 17.8 Å². The van der Waals surface area contributed by atoms with Crippen molar-refractivity contribution in [3.05, 3.63) is 58.9 Å². The molecule has 0 bridgehead atoms. The molecule has 23 heavy (non-hydrogen) atoms. The van der Waals surface area contributed by atoms with Gasteiger partial charge in [0.25, 0.3) is 0 Å². The molecule has 0 spiro atoms. The summed E-state index contributed by atoms with van der Waals surface area (Å²) >= 11 is 1.55. The van der Waals surface area contributed by atoms with Gasteiger partial charge >= 0.3 is 0 Å². The summed E-state index contributed by atoms with van der Waals surface area (Å²) in [6.07, 6.45) is 1.83. The van der Waals surface area contributed by atoms with Crippen LogP contribution in [0.1, 0.15) is 15.9 Å². The molecular weight excluding hydrogens is 315 g/mol. The third-order valence-corrected chi connectivity index (χ3v) is 4.89. The van der Waals surface area contributed by atoms with E-state index in [4.69, 9.17) is 9.47 Å². The molecule has 2 aromatic carbocycles. The molecule has 0 fully saturated rings. The van der Waals surface area contributed by atoms with E-state index in [9.17, 15) is 9.18 Å². The highest BCUT2D eigenvalue weighted by Crippen LogP contribution is 2.35. The standard InChI is InChI=1S/C18H13FO3S/c19-13-2-4-17-14(9-13)18(20)12(10-23-17)7-11-1-3-15-16(8-11)22-6-5-21-15/h1-4,7-9H,5-6,10H2/b12-7+. The van der Waals surface area contributed by atoms with Crippen LogP contribution in [-0.4, -0.2) is 24.7 Å². The Morgan fingerprint density at radius 3 is 2.74 bits per heavy atom. The van der Waals surface area contributed by atoms with Gasteiger partial charge < -0.3 is 9.47 Å². The number of halogens is 1. The Balaban J connectivity index is 1.68. The molecule has 3 nitrogen and oxygen atoms in total. The van der Waals surface area contributed by atoms with Gasteiger partial charge in [-0.1, -0.05) is 6.07 Å². The van der Waals surface area contributed by atoms with Gasteiger partial charge in [0.15, 0.2) is 17.3 Å². The lowest BCUT2D eigenvalue weighted by molar-refractivity contribution is 0.103. The minimum atomic E-state index is -0.390. The van der Waals surface area contributed by atoms with Crippen LogP contribution >= 0.6 is 11.8 Å². The largest absolute Gasteiger partial charge is 0.486 e. The second-order valence-corrected chi connectivity index (χ2v) is 6.35. The van der Waals surface area contributed by atoms with Crippen LogP contribution in [0.2, 0.25) is 0 Å². The fourth-order valence-electron chi connectivity index (χ4n) is 2.66. The highest BCUT2D eigenvalue weighted by molar-refractivity contribution is 7.99. The monoisotopic (exact) mass is 328 g/mol. The molecule has 2 aliphatic rings. The summed E-state index contributed by atoms with van der Waals surface area (Å²) in [5.74, 6) is 1.47. The molecule has 0 aliphatic carbocycles. The van der Waals surface area contributed by atoms with Crippen molar-refractivity contribution < 1.29 is 18.7 Å². The van der Waals surface area contributed by atoms with Crippen LogP contribution in [0.15, 0.2) is 46.9 Å². The summed E-state index contributed by atoms with van der Waals surface area (Å²) in [7, 11) is 0. The van der Waals surface area contributed by atoms with Gasteiger partial charge in [-0.25, -0.2) is 4.39 Å². The maximum Gasteiger partial charge on any atom is 0.191 e. The zero-order valence-corrected chi connectivity index (χ0v) is 13.0. The van der Waals surface area contributed by atoms with E-state index in [0.29, 0.717) is 35.9 Å². The molecule has 0 atom stereocenters. The molecule has 0 unspecified atom stereocenters. The van der Waals surface area contributed by atoms with Crippen molar-refractivity contribution >= 4 is 23.6 Å². The number of ether oxygens (including phenoxy) is 2.